The van der Waals surface area contributed by atoms with Crippen molar-refractivity contribution in [1.82, 2.24) is 0 Å². The van der Waals surface area contributed by atoms with E-state index in [0.29, 0.717) is 6.61 Å². The minimum Gasteiger partial charge on any atom is -0.369 e. The van der Waals surface area contributed by atoms with Crippen LogP contribution in [0, 0.1) is 0 Å². The molecule has 4 heteroatoms. The lowest BCUT2D eigenvalue weighted by molar-refractivity contribution is -0.280. The van der Waals surface area contributed by atoms with Crippen molar-refractivity contribution in [3.8, 4) is 0 Å². The van der Waals surface area contributed by atoms with E-state index in [1.807, 2.05) is 13.8 Å². The number of hydrogen-bond donors (Lipinski definition) is 0. The van der Waals surface area contributed by atoms with Crippen LogP contribution in [0.1, 0.15) is 41.0 Å². The molecule has 0 aromatic carbocycles. The van der Waals surface area contributed by atoms with E-state index in [1.54, 1.807) is 0 Å². The van der Waals surface area contributed by atoms with Gasteiger partial charge in [0, 0.05) is 6.42 Å². The molecule has 0 N–H and O–H groups in total. The van der Waals surface area contributed by atoms with Crippen molar-refractivity contribution in [1.29, 1.82) is 0 Å². The van der Waals surface area contributed by atoms with Gasteiger partial charge in [-0.3, -0.25) is 0 Å². The summed E-state index contributed by atoms with van der Waals surface area (Å²) < 4.78 is 24.1. The number of fused-ring (bicyclic) bond motifs is 3. The van der Waals surface area contributed by atoms with Crippen LogP contribution in [-0.4, -0.2) is 41.9 Å². The molecular formula is C13H22O4. The highest BCUT2D eigenvalue weighted by Gasteiger charge is 2.62. The molecule has 3 fully saturated rings. The van der Waals surface area contributed by atoms with Crippen LogP contribution >= 0.6 is 0 Å². The summed E-state index contributed by atoms with van der Waals surface area (Å²) in [6.07, 6.45) is 0.906. The first-order valence-electron chi connectivity index (χ1n) is 6.38. The third kappa shape index (κ3) is 1.82. The fourth-order valence-corrected chi connectivity index (χ4v) is 3.19. The molecule has 4 atom stereocenters. The Labute approximate surface area is 103 Å². The summed E-state index contributed by atoms with van der Waals surface area (Å²) >= 11 is 0. The van der Waals surface area contributed by atoms with Crippen LogP contribution in [0.3, 0.4) is 0 Å². The van der Waals surface area contributed by atoms with Gasteiger partial charge in [-0.25, -0.2) is 0 Å². The van der Waals surface area contributed by atoms with Gasteiger partial charge in [0.05, 0.1) is 23.9 Å². The van der Waals surface area contributed by atoms with Crippen LogP contribution < -0.4 is 0 Å². The molecule has 1 aliphatic carbocycles. The van der Waals surface area contributed by atoms with Crippen molar-refractivity contribution in [3.63, 3.8) is 0 Å². The first-order chi connectivity index (χ1) is 7.71. The van der Waals surface area contributed by atoms with Gasteiger partial charge in [0.2, 0.25) is 0 Å². The summed E-state index contributed by atoms with van der Waals surface area (Å²) in [5.74, 6) is -0.498. The quantitative estimate of drug-likeness (QED) is 0.650. The highest BCUT2D eigenvalue weighted by atomic mass is 16.8. The van der Waals surface area contributed by atoms with E-state index < -0.39 is 5.79 Å². The second-order valence-corrected chi connectivity index (χ2v) is 6.74. The summed E-state index contributed by atoms with van der Waals surface area (Å²) in [6, 6.07) is 0. The second-order valence-electron chi connectivity index (χ2n) is 6.74. The lowest BCUT2D eigenvalue weighted by Gasteiger charge is -2.45. The monoisotopic (exact) mass is 242 g/mol. The molecule has 3 rings (SSSR count). The molecular weight excluding hydrogens is 220 g/mol. The van der Waals surface area contributed by atoms with Crippen molar-refractivity contribution >= 4 is 0 Å². The van der Waals surface area contributed by atoms with Gasteiger partial charge in [0.15, 0.2) is 5.79 Å². The molecule has 2 heterocycles. The summed E-state index contributed by atoms with van der Waals surface area (Å²) in [4.78, 5) is 0. The molecule has 0 bridgehead atoms. The molecule has 0 amide bonds. The average molecular weight is 242 g/mol. The zero-order chi connectivity index (χ0) is 12.5. The second kappa shape index (κ2) is 3.23. The molecule has 98 valence electrons. The molecule has 17 heavy (non-hydrogen) atoms. The zero-order valence-corrected chi connectivity index (χ0v) is 11.3. The number of hydrogen-bond acceptors (Lipinski definition) is 4. The minimum atomic E-state index is -0.498. The fraction of sp³-hybridized carbons (Fsp3) is 1.00. The summed E-state index contributed by atoms with van der Waals surface area (Å²) in [5, 5.41) is 0. The van der Waals surface area contributed by atoms with Crippen LogP contribution in [-0.2, 0) is 18.9 Å². The van der Waals surface area contributed by atoms with Crippen LogP contribution in [0.25, 0.3) is 0 Å². The molecule has 0 spiro atoms. The lowest BCUT2D eigenvalue weighted by Crippen LogP contribution is -2.56. The van der Waals surface area contributed by atoms with Gasteiger partial charge >= 0.3 is 0 Å². The molecule has 0 radical (unpaired) electrons. The predicted octanol–water partition coefficient (Wildman–Crippen LogP) is 1.86. The first-order valence-corrected chi connectivity index (χ1v) is 6.38. The Morgan fingerprint density at radius 1 is 0.941 bits per heavy atom. The van der Waals surface area contributed by atoms with Crippen molar-refractivity contribution in [2.75, 3.05) is 6.61 Å². The van der Waals surface area contributed by atoms with Crippen LogP contribution in [0.15, 0.2) is 0 Å². The Balaban J connectivity index is 1.85. The molecule has 0 aromatic rings. The van der Waals surface area contributed by atoms with Gasteiger partial charge in [-0.1, -0.05) is 0 Å². The van der Waals surface area contributed by atoms with Crippen molar-refractivity contribution < 1.29 is 18.9 Å². The lowest BCUT2D eigenvalue weighted by atomic mass is 9.97. The molecule has 0 aromatic heterocycles. The normalized spacial score (nSPS) is 51.0. The van der Waals surface area contributed by atoms with E-state index in [1.165, 1.54) is 0 Å². The van der Waals surface area contributed by atoms with Crippen LogP contribution in [0.5, 0.6) is 0 Å². The molecule has 2 saturated heterocycles. The van der Waals surface area contributed by atoms with Gasteiger partial charge in [-0.2, -0.15) is 0 Å². The SMILES string of the molecule is CC1(C)CO[C@]2(C)C[C@H]3OC(C)(C)O[C@H]3[C@@H]2O1. The van der Waals surface area contributed by atoms with Crippen LogP contribution in [0.4, 0.5) is 0 Å². The molecule has 1 saturated carbocycles. The van der Waals surface area contributed by atoms with Crippen molar-refractivity contribution in [3.05, 3.63) is 0 Å². The Kier molecular flexibility index (Phi) is 2.26. The maximum atomic E-state index is 6.18. The van der Waals surface area contributed by atoms with E-state index in [4.69, 9.17) is 18.9 Å². The van der Waals surface area contributed by atoms with E-state index in [2.05, 4.69) is 20.8 Å². The Bertz CT molecular complexity index is 338. The van der Waals surface area contributed by atoms with Gasteiger partial charge in [-0.05, 0) is 34.6 Å². The average Bonchev–Trinajstić information content (AvgIpc) is 2.56. The van der Waals surface area contributed by atoms with E-state index in [9.17, 15) is 0 Å². The van der Waals surface area contributed by atoms with Gasteiger partial charge in [-0.15, -0.1) is 0 Å². The number of rotatable bonds is 0. The standard InChI is InChI=1S/C13H22O4/c1-11(2)7-14-13(5)6-8-9(10(13)17-11)16-12(3,4)15-8/h8-10H,6-7H2,1-5H3/t8-,9-,10+,13-/m1/s1. The molecule has 3 aliphatic rings. The number of ether oxygens (including phenoxy) is 4. The molecule has 0 unspecified atom stereocenters. The maximum absolute atomic E-state index is 6.18. The topological polar surface area (TPSA) is 36.9 Å². The summed E-state index contributed by atoms with van der Waals surface area (Å²) in [5.41, 5.74) is -0.503. The van der Waals surface area contributed by atoms with E-state index in [0.717, 1.165) is 6.42 Å². The largest absolute Gasteiger partial charge is 0.369 e. The Morgan fingerprint density at radius 2 is 1.65 bits per heavy atom. The zero-order valence-electron chi connectivity index (χ0n) is 11.3. The van der Waals surface area contributed by atoms with E-state index in [-0.39, 0.29) is 29.5 Å². The third-order valence-corrected chi connectivity index (χ3v) is 3.92. The summed E-state index contributed by atoms with van der Waals surface area (Å²) in [7, 11) is 0. The summed E-state index contributed by atoms with van der Waals surface area (Å²) in [6.45, 7) is 10.8. The Morgan fingerprint density at radius 3 is 2.35 bits per heavy atom. The van der Waals surface area contributed by atoms with Gasteiger partial charge in [0.25, 0.3) is 0 Å². The highest BCUT2D eigenvalue weighted by molar-refractivity contribution is 5.09. The van der Waals surface area contributed by atoms with Crippen LogP contribution in [0.2, 0.25) is 0 Å². The van der Waals surface area contributed by atoms with Gasteiger partial charge < -0.3 is 18.9 Å². The first kappa shape index (κ1) is 11.9. The third-order valence-electron chi connectivity index (χ3n) is 3.92. The van der Waals surface area contributed by atoms with Gasteiger partial charge in [0.1, 0.15) is 12.2 Å². The maximum Gasteiger partial charge on any atom is 0.163 e. The predicted molar refractivity (Wildman–Crippen MR) is 61.8 cm³/mol. The minimum absolute atomic E-state index is 0.00502. The van der Waals surface area contributed by atoms with E-state index >= 15 is 0 Å². The Hall–Kier alpha value is -0.160. The van der Waals surface area contributed by atoms with Crippen molar-refractivity contribution in [2.24, 2.45) is 0 Å². The smallest absolute Gasteiger partial charge is 0.163 e. The van der Waals surface area contributed by atoms with Crippen molar-refractivity contribution in [2.45, 2.75) is 76.3 Å². The fourth-order valence-electron chi connectivity index (χ4n) is 3.19. The molecule has 4 nitrogen and oxygen atoms in total. The highest BCUT2D eigenvalue weighted by Crippen LogP contribution is 2.49. The molecule has 2 aliphatic heterocycles.